The number of nitrogens with zero attached hydrogens (tertiary/aromatic N) is 2. The Morgan fingerprint density at radius 3 is 2.18 bits per heavy atom. The Hall–Kier alpha value is -5.58. The molecular weight excluding hydrogens is 650 g/mol. The van der Waals surface area contributed by atoms with E-state index in [1.807, 2.05) is 36.5 Å². The van der Waals surface area contributed by atoms with Crippen molar-refractivity contribution >= 4 is 29.2 Å². The van der Waals surface area contributed by atoms with E-state index in [0.29, 0.717) is 42.8 Å². The number of non-ortho nitro benzene ring substituents is 1. The number of carbonyl (C=O) groups excluding carboxylic acids is 3. The van der Waals surface area contributed by atoms with E-state index in [9.17, 15) is 24.5 Å². The molecule has 268 valence electrons. The molecule has 2 aromatic carbocycles. The van der Waals surface area contributed by atoms with Crippen LogP contribution in [0.15, 0.2) is 108 Å². The standard InChI is InChI=1S/C40H45N3O8/c1-28-36(39(45)49-3)38(31-18-14-20-33(26-31)43(47)48)37(29(2)42-28)40(46)51-25-13-5-4-12-24-50-35(44)22-11-7-10-21-34(30-16-8-6-9-17-30)32-19-15-23-41-27-32/h6,8-9,14-21,23,26-27,38,42H,4-5,7,10-13,22,24-25H2,1-3H3/b34-21+. The number of aromatic nitrogens is 1. The molecule has 51 heavy (non-hydrogen) atoms. The van der Waals surface area contributed by atoms with Gasteiger partial charge in [-0.15, -0.1) is 0 Å². The Morgan fingerprint density at radius 2 is 1.51 bits per heavy atom. The predicted molar refractivity (Wildman–Crippen MR) is 193 cm³/mol. The van der Waals surface area contributed by atoms with Crippen LogP contribution < -0.4 is 5.32 Å². The van der Waals surface area contributed by atoms with Gasteiger partial charge in [-0.1, -0.05) is 54.6 Å². The molecule has 1 aliphatic heterocycles. The third-order valence-corrected chi connectivity index (χ3v) is 8.58. The van der Waals surface area contributed by atoms with Crippen molar-refractivity contribution in [1.82, 2.24) is 10.3 Å². The van der Waals surface area contributed by atoms with Crippen molar-refractivity contribution in [2.45, 2.75) is 71.1 Å². The Morgan fingerprint density at radius 1 is 0.824 bits per heavy atom. The molecule has 0 radical (unpaired) electrons. The van der Waals surface area contributed by atoms with Gasteiger partial charge in [0.1, 0.15) is 0 Å². The zero-order valence-corrected chi connectivity index (χ0v) is 29.4. The fourth-order valence-electron chi connectivity index (χ4n) is 6.06. The lowest BCUT2D eigenvalue weighted by Crippen LogP contribution is -2.32. The van der Waals surface area contributed by atoms with Gasteiger partial charge in [0.05, 0.1) is 42.3 Å². The molecule has 1 unspecified atom stereocenters. The lowest BCUT2D eigenvalue weighted by atomic mass is 9.80. The minimum Gasteiger partial charge on any atom is -0.466 e. The number of unbranched alkanes of at least 4 members (excludes halogenated alkanes) is 5. The highest BCUT2D eigenvalue weighted by Crippen LogP contribution is 2.40. The number of hydrogen-bond acceptors (Lipinski definition) is 10. The number of rotatable bonds is 18. The number of ether oxygens (including phenoxy) is 3. The van der Waals surface area contributed by atoms with Crippen LogP contribution in [0, 0.1) is 10.1 Å². The van der Waals surface area contributed by atoms with Crippen molar-refractivity contribution in [2.24, 2.45) is 0 Å². The number of nitrogens with one attached hydrogen (secondary N) is 1. The fraction of sp³-hybridized carbons (Fsp3) is 0.350. The van der Waals surface area contributed by atoms with E-state index < -0.39 is 22.8 Å². The number of hydrogen-bond donors (Lipinski definition) is 1. The van der Waals surface area contributed by atoms with Gasteiger partial charge in [0, 0.05) is 47.9 Å². The maximum absolute atomic E-state index is 13.4. The van der Waals surface area contributed by atoms with Gasteiger partial charge in [-0.05, 0) is 81.6 Å². The topological polar surface area (TPSA) is 147 Å². The van der Waals surface area contributed by atoms with Crippen LogP contribution in [0.4, 0.5) is 5.69 Å². The van der Waals surface area contributed by atoms with E-state index in [0.717, 1.165) is 48.8 Å². The molecule has 1 aliphatic rings. The summed E-state index contributed by atoms with van der Waals surface area (Å²) in [6.07, 6.45) is 11.5. The fourth-order valence-corrected chi connectivity index (χ4v) is 6.06. The molecule has 1 N–H and O–H groups in total. The number of carbonyl (C=O) groups is 3. The van der Waals surface area contributed by atoms with Gasteiger partial charge < -0.3 is 19.5 Å². The minimum atomic E-state index is -0.907. The number of nitro benzene ring substituents is 1. The summed E-state index contributed by atoms with van der Waals surface area (Å²) in [6, 6.07) is 20.0. The summed E-state index contributed by atoms with van der Waals surface area (Å²) >= 11 is 0. The highest BCUT2D eigenvalue weighted by molar-refractivity contribution is 6.00. The average molecular weight is 696 g/mol. The Kier molecular flexibility index (Phi) is 14.7. The Bertz CT molecular complexity index is 1720. The van der Waals surface area contributed by atoms with Gasteiger partial charge in [0.25, 0.3) is 5.69 Å². The first-order valence-corrected chi connectivity index (χ1v) is 17.2. The Balaban J connectivity index is 1.17. The van der Waals surface area contributed by atoms with Crippen LogP contribution in [0.5, 0.6) is 0 Å². The molecule has 1 aromatic heterocycles. The lowest BCUT2D eigenvalue weighted by molar-refractivity contribution is -0.384. The van der Waals surface area contributed by atoms with Crippen molar-refractivity contribution < 1.29 is 33.5 Å². The second kappa shape index (κ2) is 19.6. The van der Waals surface area contributed by atoms with Crippen molar-refractivity contribution in [3.63, 3.8) is 0 Å². The number of allylic oxidation sites excluding steroid dienone is 3. The lowest BCUT2D eigenvalue weighted by Gasteiger charge is -2.30. The van der Waals surface area contributed by atoms with E-state index >= 15 is 0 Å². The second-order valence-electron chi connectivity index (χ2n) is 12.2. The number of nitro groups is 1. The summed E-state index contributed by atoms with van der Waals surface area (Å²) in [5, 5.41) is 14.5. The SMILES string of the molecule is COC(=O)C1=C(C)NC(C)=C(C(=O)OCCCCCCOC(=O)CCCC/C=C(\c2ccccc2)c2cccnc2)C1c1cccc([N+](=O)[O-])c1. The van der Waals surface area contributed by atoms with Crippen LogP contribution in [0.3, 0.4) is 0 Å². The molecule has 11 nitrogen and oxygen atoms in total. The number of benzene rings is 2. The third kappa shape index (κ3) is 11.0. The molecule has 4 rings (SSSR count). The van der Waals surface area contributed by atoms with Gasteiger partial charge >= 0.3 is 17.9 Å². The third-order valence-electron chi connectivity index (χ3n) is 8.58. The van der Waals surface area contributed by atoms with Crippen LogP contribution in [-0.4, -0.2) is 48.1 Å². The minimum absolute atomic E-state index is 0.147. The van der Waals surface area contributed by atoms with E-state index in [4.69, 9.17) is 14.2 Å². The smallest absolute Gasteiger partial charge is 0.336 e. The van der Waals surface area contributed by atoms with Crippen LogP contribution >= 0.6 is 0 Å². The normalized spacial score (nSPS) is 14.5. The van der Waals surface area contributed by atoms with Gasteiger partial charge in [0.2, 0.25) is 0 Å². The molecule has 11 heteroatoms. The molecule has 0 saturated carbocycles. The van der Waals surface area contributed by atoms with Crippen LogP contribution in [0.2, 0.25) is 0 Å². The molecule has 0 aliphatic carbocycles. The quantitative estimate of drug-likeness (QED) is 0.0461. The molecule has 1 atom stereocenters. The summed E-state index contributed by atoms with van der Waals surface area (Å²) in [5.41, 5.74) is 4.90. The summed E-state index contributed by atoms with van der Waals surface area (Å²) in [5.74, 6) is -2.39. The van der Waals surface area contributed by atoms with Crippen LogP contribution in [0.1, 0.15) is 87.8 Å². The van der Waals surface area contributed by atoms with Crippen molar-refractivity contribution in [1.29, 1.82) is 0 Å². The molecular formula is C40H45N3O8. The monoisotopic (exact) mass is 695 g/mol. The van der Waals surface area contributed by atoms with E-state index in [-0.39, 0.29) is 29.4 Å². The van der Waals surface area contributed by atoms with Gasteiger partial charge in [-0.25, -0.2) is 9.59 Å². The van der Waals surface area contributed by atoms with Crippen LogP contribution in [-0.2, 0) is 28.6 Å². The zero-order valence-electron chi connectivity index (χ0n) is 29.4. The maximum atomic E-state index is 13.4. The molecule has 0 spiro atoms. The van der Waals surface area contributed by atoms with E-state index in [1.165, 1.54) is 25.3 Å². The molecule has 0 amide bonds. The molecule has 3 aromatic rings. The van der Waals surface area contributed by atoms with Gasteiger partial charge in [-0.3, -0.25) is 19.9 Å². The Labute approximate surface area is 298 Å². The largest absolute Gasteiger partial charge is 0.466 e. The summed E-state index contributed by atoms with van der Waals surface area (Å²) < 4.78 is 16.0. The summed E-state index contributed by atoms with van der Waals surface area (Å²) in [6.45, 7) is 3.87. The number of dihydropyridines is 1. The summed E-state index contributed by atoms with van der Waals surface area (Å²) in [7, 11) is 1.24. The summed E-state index contributed by atoms with van der Waals surface area (Å²) in [4.78, 5) is 53.7. The number of methoxy groups -OCH3 is 1. The molecule has 0 bridgehead atoms. The second-order valence-corrected chi connectivity index (χ2v) is 12.2. The maximum Gasteiger partial charge on any atom is 0.336 e. The van der Waals surface area contributed by atoms with Gasteiger partial charge in [0.15, 0.2) is 0 Å². The average Bonchev–Trinajstić information content (AvgIpc) is 3.14. The van der Waals surface area contributed by atoms with Crippen LogP contribution in [0.25, 0.3) is 5.57 Å². The highest BCUT2D eigenvalue weighted by Gasteiger charge is 2.38. The first-order chi connectivity index (χ1) is 24.7. The first kappa shape index (κ1) is 38.2. The highest BCUT2D eigenvalue weighted by atomic mass is 16.6. The number of pyridine rings is 1. The number of esters is 3. The molecule has 0 saturated heterocycles. The van der Waals surface area contributed by atoms with Gasteiger partial charge in [-0.2, -0.15) is 0 Å². The van der Waals surface area contributed by atoms with Crippen molar-refractivity contribution in [3.05, 3.63) is 135 Å². The van der Waals surface area contributed by atoms with E-state index in [2.05, 4.69) is 28.5 Å². The molecule has 2 heterocycles. The molecule has 0 fully saturated rings. The predicted octanol–water partition coefficient (Wildman–Crippen LogP) is 7.74. The zero-order chi connectivity index (χ0) is 36.6. The first-order valence-electron chi connectivity index (χ1n) is 17.2. The van der Waals surface area contributed by atoms with Crippen molar-refractivity contribution in [2.75, 3.05) is 20.3 Å². The van der Waals surface area contributed by atoms with E-state index in [1.54, 1.807) is 26.1 Å². The van der Waals surface area contributed by atoms with Crippen molar-refractivity contribution in [3.8, 4) is 0 Å².